The largest absolute Gasteiger partial charge is 0.381 e. The Morgan fingerprint density at radius 3 is 3.06 bits per heavy atom. The summed E-state index contributed by atoms with van der Waals surface area (Å²) in [5.41, 5.74) is 6.97. The van der Waals surface area contributed by atoms with Gasteiger partial charge in [-0.2, -0.15) is 5.10 Å². The lowest BCUT2D eigenvalue weighted by Crippen LogP contribution is -2.49. The van der Waals surface area contributed by atoms with Crippen LogP contribution in [0.3, 0.4) is 0 Å². The van der Waals surface area contributed by atoms with Crippen molar-refractivity contribution in [3.63, 3.8) is 0 Å². The molecule has 94 valence electrons. The number of anilines is 1. The normalized spacial score (nSPS) is 25.0. The van der Waals surface area contributed by atoms with Crippen molar-refractivity contribution in [2.75, 3.05) is 25.1 Å². The third-order valence-electron chi connectivity index (χ3n) is 3.35. The molecule has 2 unspecified atom stereocenters. The van der Waals surface area contributed by atoms with Gasteiger partial charge in [-0.1, -0.05) is 0 Å². The molecule has 1 fully saturated rings. The zero-order valence-corrected chi connectivity index (χ0v) is 10.5. The molecular formula is C12H20N4O. The Hall–Kier alpha value is -1.20. The average Bonchev–Trinajstić information content (AvgIpc) is 2.38. The molecule has 1 saturated heterocycles. The van der Waals surface area contributed by atoms with Gasteiger partial charge in [0.15, 0.2) is 5.82 Å². The third kappa shape index (κ3) is 2.73. The van der Waals surface area contributed by atoms with E-state index in [0.717, 1.165) is 30.8 Å². The molecule has 2 rings (SSSR count). The molecule has 0 aromatic carbocycles. The van der Waals surface area contributed by atoms with E-state index in [-0.39, 0.29) is 0 Å². The summed E-state index contributed by atoms with van der Waals surface area (Å²) in [5, 5.41) is 8.20. The highest BCUT2D eigenvalue weighted by molar-refractivity contribution is 5.41. The summed E-state index contributed by atoms with van der Waals surface area (Å²) in [5.74, 6) is 0.926. The summed E-state index contributed by atoms with van der Waals surface area (Å²) >= 11 is 0. The van der Waals surface area contributed by atoms with E-state index in [1.165, 1.54) is 0 Å². The van der Waals surface area contributed by atoms with Gasteiger partial charge in [-0.15, -0.1) is 5.10 Å². The number of hydrogen-bond donors (Lipinski definition) is 1. The van der Waals surface area contributed by atoms with Gasteiger partial charge in [0.2, 0.25) is 0 Å². The first-order valence-electron chi connectivity index (χ1n) is 6.03. The van der Waals surface area contributed by atoms with Crippen LogP contribution in [0.1, 0.15) is 18.4 Å². The van der Waals surface area contributed by atoms with E-state index in [0.29, 0.717) is 18.7 Å². The molecule has 5 nitrogen and oxygen atoms in total. The summed E-state index contributed by atoms with van der Waals surface area (Å²) in [6.07, 6.45) is 4.06. The number of methoxy groups -OCH3 is 1. The standard InChI is InChI=1S/C12H20N4O/c1-9-5-12(15-14-8-9)16-4-3-11(17-2)6-10(16)7-13/h5,8,10-11H,3-4,6-7,13H2,1-2H3. The van der Waals surface area contributed by atoms with Crippen LogP contribution in [0.5, 0.6) is 0 Å². The lowest BCUT2D eigenvalue weighted by molar-refractivity contribution is 0.0707. The molecule has 2 atom stereocenters. The fourth-order valence-corrected chi connectivity index (χ4v) is 2.34. The highest BCUT2D eigenvalue weighted by atomic mass is 16.5. The van der Waals surface area contributed by atoms with Crippen LogP contribution in [0.15, 0.2) is 12.3 Å². The highest BCUT2D eigenvalue weighted by Crippen LogP contribution is 2.24. The van der Waals surface area contributed by atoms with Gasteiger partial charge in [0.1, 0.15) is 0 Å². The monoisotopic (exact) mass is 236 g/mol. The van der Waals surface area contributed by atoms with Crippen molar-refractivity contribution in [2.24, 2.45) is 5.73 Å². The van der Waals surface area contributed by atoms with Crippen molar-refractivity contribution >= 4 is 5.82 Å². The van der Waals surface area contributed by atoms with Crippen molar-refractivity contribution in [3.05, 3.63) is 17.8 Å². The highest BCUT2D eigenvalue weighted by Gasteiger charge is 2.28. The topological polar surface area (TPSA) is 64.3 Å². The summed E-state index contributed by atoms with van der Waals surface area (Å²) in [6.45, 7) is 3.57. The summed E-state index contributed by atoms with van der Waals surface area (Å²) < 4.78 is 5.41. The Morgan fingerprint density at radius 2 is 2.41 bits per heavy atom. The number of nitrogens with zero attached hydrogens (tertiary/aromatic N) is 3. The quantitative estimate of drug-likeness (QED) is 0.838. The van der Waals surface area contributed by atoms with E-state index < -0.39 is 0 Å². The molecule has 1 aliphatic heterocycles. The predicted octanol–water partition coefficient (Wildman–Crippen LogP) is 0.728. The second-order valence-electron chi connectivity index (χ2n) is 4.56. The Balaban J connectivity index is 2.15. The number of ether oxygens (including phenoxy) is 1. The van der Waals surface area contributed by atoms with Crippen LogP contribution >= 0.6 is 0 Å². The van der Waals surface area contributed by atoms with Crippen LogP contribution in [-0.2, 0) is 4.74 Å². The van der Waals surface area contributed by atoms with Crippen molar-refractivity contribution in [1.29, 1.82) is 0 Å². The molecule has 0 amide bonds. The fourth-order valence-electron chi connectivity index (χ4n) is 2.34. The molecular weight excluding hydrogens is 216 g/mol. The number of hydrogen-bond acceptors (Lipinski definition) is 5. The molecule has 0 radical (unpaired) electrons. The van der Waals surface area contributed by atoms with Gasteiger partial charge in [-0.25, -0.2) is 0 Å². The van der Waals surface area contributed by atoms with Crippen molar-refractivity contribution in [3.8, 4) is 0 Å². The third-order valence-corrected chi connectivity index (χ3v) is 3.35. The van der Waals surface area contributed by atoms with E-state index >= 15 is 0 Å². The van der Waals surface area contributed by atoms with E-state index in [2.05, 4.69) is 21.2 Å². The SMILES string of the molecule is COC1CCN(c2cc(C)cnn2)C(CN)C1. The first kappa shape index (κ1) is 12.3. The summed E-state index contributed by atoms with van der Waals surface area (Å²) in [6, 6.07) is 2.35. The molecule has 0 saturated carbocycles. The van der Waals surface area contributed by atoms with Gasteiger partial charge < -0.3 is 15.4 Å². The molecule has 17 heavy (non-hydrogen) atoms. The number of aryl methyl sites for hydroxylation is 1. The molecule has 5 heteroatoms. The van der Waals surface area contributed by atoms with Crippen LogP contribution in [0.4, 0.5) is 5.82 Å². The summed E-state index contributed by atoms with van der Waals surface area (Å²) in [4.78, 5) is 2.25. The Labute approximate surface area is 102 Å². The van der Waals surface area contributed by atoms with E-state index in [1.54, 1.807) is 13.3 Å². The lowest BCUT2D eigenvalue weighted by atomic mass is 9.99. The molecule has 1 aromatic heterocycles. The van der Waals surface area contributed by atoms with Gasteiger partial charge in [-0.05, 0) is 31.4 Å². The summed E-state index contributed by atoms with van der Waals surface area (Å²) in [7, 11) is 1.76. The predicted molar refractivity (Wildman–Crippen MR) is 67.0 cm³/mol. The van der Waals surface area contributed by atoms with Crippen LogP contribution in [0.2, 0.25) is 0 Å². The van der Waals surface area contributed by atoms with Crippen LogP contribution in [0.25, 0.3) is 0 Å². The van der Waals surface area contributed by atoms with E-state index in [1.807, 2.05) is 6.92 Å². The van der Waals surface area contributed by atoms with Gasteiger partial charge in [0.05, 0.1) is 12.3 Å². The molecule has 0 spiro atoms. The molecule has 1 aromatic rings. The molecule has 2 heterocycles. The van der Waals surface area contributed by atoms with E-state index in [9.17, 15) is 0 Å². The molecule has 0 bridgehead atoms. The Bertz CT molecular complexity index is 371. The fraction of sp³-hybridized carbons (Fsp3) is 0.667. The maximum Gasteiger partial charge on any atom is 0.151 e. The number of piperidine rings is 1. The minimum atomic E-state index is 0.296. The molecule has 0 aliphatic carbocycles. The van der Waals surface area contributed by atoms with Crippen molar-refractivity contribution < 1.29 is 4.74 Å². The number of nitrogens with two attached hydrogens (primary N) is 1. The minimum Gasteiger partial charge on any atom is -0.381 e. The van der Waals surface area contributed by atoms with Crippen molar-refractivity contribution in [1.82, 2.24) is 10.2 Å². The first-order chi connectivity index (χ1) is 8.24. The van der Waals surface area contributed by atoms with Crippen LogP contribution in [0, 0.1) is 6.92 Å². The maximum absolute atomic E-state index is 5.84. The minimum absolute atomic E-state index is 0.296. The average molecular weight is 236 g/mol. The van der Waals surface area contributed by atoms with Crippen molar-refractivity contribution in [2.45, 2.75) is 31.9 Å². The second-order valence-corrected chi connectivity index (χ2v) is 4.56. The lowest BCUT2D eigenvalue weighted by Gasteiger charge is -2.39. The van der Waals surface area contributed by atoms with Crippen LogP contribution in [-0.4, -0.2) is 42.5 Å². The maximum atomic E-state index is 5.84. The van der Waals surface area contributed by atoms with Gasteiger partial charge in [0, 0.05) is 26.2 Å². The second kappa shape index (κ2) is 5.42. The van der Waals surface area contributed by atoms with E-state index in [4.69, 9.17) is 10.5 Å². The van der Waals surface area contributed by atoms with Gasteiger partial charge in [0.25, 0.3) is 0 Å². The Morgan fingerprint density at radius 1 is 1.59 bits per heavy atom. The van der Waals surface area contributed by atoms with Gasteiger partial charge in [-0.3, -0.25) is 0 Å². The first-order valence-corrected chi connectivity index (χ1v) is 6.03. The molecule has 2 N–H and O–H groups in total. The zero-order valence-electron chi connectivity index (χ0n) is 10.5. The van der Waals surface area contributed by atoms with Gasteiger partial charge >= 0.3 is 0 Å². The number of rotatable bonds is 3. The smallest absolute Gasteiger partial charge is 0.151 e. The molecule has 1 aliphatic rings. The van der Waals surface area contributed by atoms with Crippen LogP contribution < -0.4 is 10.6 Å². The Kier molecular flexibility index (Phi) is 3.91. The number of aromatic nitrogens is 2. The zero-order chi connectivity index (χ0) is 12.3.